The smallest absolute Gasteiger partial charge is 0.315 e. The number of carbonyl (C=O) groups is 2. The van der Waals surface area contributed by atoms with E-state index in [1.165, 1.54) is 19.3 Å². The van der Waals surface area contributed by atoms with Crippen molar-refractivity contribution in [3.05, 3.63) is 0 Å². The van der Waals surface area contributed by atoms with Gasteiger partial charge >= 0.3 is 6.03 Å². The van der Waals surface area contributed by atoms with Gasteiger partial charge in [-0.1, -0.05) is 19.3 Å². The topological polar surface area (TPSA) is 61.4 Å². The van der Waals surface area contributed by atoms with Crippen LogP contribution in [0.1, 0.15) is 44.9 Å². The van der Waals surface area contributed by atoms with Gasteiger partial charge in [-0.15, -0.1) is 0 Å². The molecule has 0 aromatic heterocycles. The van der Waals surface area contributed by atoms with E-state index in [2.05, 4.69) is 10.6 Å². The van der Waals surface area contributed by atoms with E-state index in [-0.39, 0.29) is 12.1 Å². The maximum absolute atomic E-state index is 11.8. The molecule has 3 amide bonds. The number of hydrogen-bond donors (Lipinski definition) is 2. The standard InChI is InChI=1S/C13H23N3O2/c17-10-16-8-6-12(7-9-16)15-13(18)14-11-4-2-1-3-5-11/h10-12H,1-9H2,(H2,14,15,18). The Balaban J connectivity index is 1.66. The molecular weight excluding hydrogens is 230 g/mol. The quantitative estimate of drug-likeness (QED) is 0.743. The highest BCUT2D eigenvalue weighted by Crippen LogP contribution is 2.17. The Hall–Kier alpha value is -1.26. The van der Waals surface area contributed by atoms with Crippen LogP contribution in [0.2, 0.25) is 0 Å². The lowest BCUT2D eigenvalue weighted by molar-refractivity contribution is -0.119. The van der Waals surface area contributed by atoms with Crippen LogP contribution in [0.3, 0.4) is 0 Å². The molecule has 2 fully saturated rings. The summed E-state index contributed by atoms with van der Waals surface area (Å²) < 4.78 is 0. The molecule has 5 nitrogen and oxygen atoms in total. The van der Waals surface area contributed by atoms with Crippen LogP contribution < -0.4 is 10.6 Å². The number of nitrogens with zero attached hydrogens (tertiary/aromatic N) is 1. The van der Waals surface area contributed by atoms with E-state index in [1.807, 2.05) is 0 Å². The summed E-state index contributed by atoms with van der Waals surface area (Å²) >= 11 is 0. The predicted octanol–water partition coefficient (Wildman–Crippen LogP) is 1.24. The van der Waals surface area contributed by atoms with Crippen LogP contribution in [0, 0.1) is 0 Å². The van der Waals surface area contributed by atoms with Crippen molar-refractivity contribution in [3.8, 4) is 0 Å². The Morgan fingerprint density at radius 3 is 2.06 bits per heavy atom. The molecule has 1 saturated carbocycles. The summed E-state index contributed by atoms with van der Waals surface area (Å²) in [6, 6.07) is 0.532. The molecule has 0 atom stereocenters. The predicted molar refractivity (Wildman–Crippen MR) is 69.2 cm³/mol. The van der Waals surface area contributed by atoms with E-state index in [1.54, 1.807) is 4.90 Å². The van der Waals surface area contributed by atoms with Gasteiger partial charge in [0.25, 0.3) is 0 Å². The molecule has 0 aromatic rings. The normalized spacial score (nSPS) is 22.6. The molecule has 0 radical (unpaired) electrons. The van der Waals surface area contributed by atoms with Crippen LogP contribution in [0.5, 0.6) is 0 Å². The Kier molecular flexibility index (Phi) is 4.84. The highest BCUT2D eigenvalue weighted by molar-refractivity contribution is 5.74. The third-order valence-corrected chi connectivity index (χ3v) is 3.95. The first-order chi connectivity index (χ1) is 8.78. The van der Waals surface area contributed by atoms with Crippen molar-refractivity contribution in [2.75, 3.05) is 13.1 Å². The van der Waals surface area contributed by atoms with Crippen molar-refractivity contribution in [2.45, 2.75) is 57.0 Å². The van der Waals surface area contributed by atoms with Crippen LogP contribution >= 0.6 is 0 Å². The number of hydrogen-bond acceptors (Lipinski definition) is 2. The molecule has 2 rings (SSSR count). The van der Waals surface area contributed by atoms with Gasteiger partial charge < -0.3 is 15.5 Å². The molecule has 0 aromatic carbocycles. The molecule has 1 heterocycles. The molecule has 5 heteroatoms. The lowest BCUT2D eigenvalue weighted by atomic mass is 9.96. The zero-order chi connectivity index (χ0) is 12.8. The lowest BCUT2D eigenvalue weighted by Gasteiger charge is -2.30. The van der Waals surface area contributed by atoms with E-state index in [0.29, 0.717) is 6.04 Å². The zero-order valence-electron chi connectivity index (χ0n) is 10.9. The highest BCUT2D eigenvalue weighted by Gasteiger charge is 2.21. The summed E-state index contributed by atoms with van der Waals surface area (Å²) in [5, 5.41) is 6.08. The number of amides is 3. The number of rotatable bonds is 3. The molecule has 0 bridgehead atoms. The summed E-state index contributed by atoms with van der Waals surface area (Å²) in [6.07, 6.45) is 8.56. The first-order valence-electron chi connectivity index (χ1n) is 7.04. The third kappa shape index (κ3) is 3.89. The van der Waals surface area contributed by atoms with Crippen LogP contribution in [-0.4, -0.2) is 42.5 Å². The molecule has 1 saturated heterocycles. The molecule has 0 spiro atoms. The van der Waals surface area contributed by atoms with Crippen LogP contribution in [-0.2, 0) is 4.79 Å². The van der Waals surface area contributed by atoms with E-state index >= 15 is 0 Å². The minimum absolute atomic E-state index is 0.0357. The van der Waals surface area contributed by atoms with Crippen molar-refractivity contribution < 1.29 is 9.59 Å². The summed E-state index contributed by atoms with van der Waals surface area (Å²) in [5.41, 5.74) is 0. The molecule has 1 aliphatic heterocycles. The van der Waals surface area contributed by atoms with Crippen molar-refractivity contribution in [1.82, 2.24) is 15.5 Å². The van der Waals surface area contributed by atoms with Crippen molar-refractivity contribution >= 4 is 12.4 Å². The second kappa shape index (κ2) is 6.61. The summed E-state index contributed by atoms with van der Waals surface area (Å²) in [7, 11) is 0. The van der Waals surface area contributed by atoms with Gasteiger partial charge in [0.1, 0.15) is 0 Å². The first-order valence-corrected chi connectivity index (χ1v) is 7.04. The lowest BCUT2D eigenvalue weighted by Crippen LogP contribution is -2.50. The maximum atomic E-state index is 11.8. The van der Waals surface area contributed by atoms with Crippen molar-refractivity contribution in [3.63, 3.8) is 0 Å². The third-order valence-electron chi connectivity index (χ3n) is 3.95. The van der Waals surface area contributed by atoms with Crippen molar-refractivity contribution in [2.24, 2.45) is 0 Å². The monoisotopic (exact) mass is 253 g/mol. The fraction of sp³-hybridized carbons (Fsp3) is 0.846. The van der Waals surface area contributed by atoms with E-state index in [4.69, 9.17) is 0 Å². The Labute approximate surface area is 108 Å². The fourth-order valence-corrected chi connectivity index (χ4v) is 2.81. The van der Waals surface area contributed by atoms with Crippen LogP contribution in [0.15, 0.2) is 0 Å². The minimum Gasteiger partial charge on any atom is -0.345 e. The van der Waals surface area contributed by atoms with Crippen LogP contribution in [0.25, 0.3) is 0 Å². The fourth-order valence-electron chi connectivity index (χ4n) is 2.81. The molecule has 18 heavy (non-hydrogen) atoms. The average molecular weight is 253 g/mol. The minimum atomic E-state index is -0.0357. The Morgan fingerprint density at radius 1 is 0.944 bits per heavy atom. The number of nitrogens with one attached hydrogen (secondary N) is 2. The molecule has 2 N–H and O–H groups in total. The van der Waals surface area contributed by atoms with Crippen molar-refractivity contribution in [1.29, 1.82) is 0 Å². The Bertz CT molecular complexity index is 282. The SMILES string of the molecule is O=CN1CCC(NC(=O)NC2CCCCC2)CC1. The van der Waals surface area contributed by atoms with E-state index < -0.39 is 0 Å². The number of likely N-dealkylation sites (tertiary alicyclic amines) is 1. The first kappa shape index (κ1) is 13.2. The molecule has 102 valence electrons. The van der Waals surface area contributed by atoms with Gasteiger partial charge in [-0.2, -0.15) is 0 Å². The second-order valence-corrected chi connectivity index (χ2v) is 5.37. The van der Waals surface area contributed by atoms with Gasteiger partial charge in [-0.3, -0.25) is 4.79 Å². The number of carbonyl (C=O) groups excluding carboxylic acids is 2. The number of urea groups is 1. The van der Waals surface area contributed by atoms with E-state index in [9.17, 15) is 9.59 Å². The van der Waals surface area contributed by atoms with Gasteiger partial charge in [-0.25, -0.2) is 4.79 Å². The van der Waals surface area contributed by atoms with E-state index in [0.717, 1.165) is 45.2 Å². The van der Waals surface area contributed by atoms with Gasteiger partial charge in [-0.05, 0) is 25.7 Å². The summed E-state index contributed by atoms with van der Waals surface area (Å²) in [6.45, 7) is 1.50. The second-order valence-electron chi connectivity index (χ2n) is 5.37. The molecule has 2 aliphatic rings. The molecular formula is C13H23N3O2. The molecule has 0 unspecified atom stereocenters. The van der Waals surface area contributed by atoms with Gasteiger partial charge in [0.2, 0.25) is 6.41 Å². The highest BCUT2D eigenvalue weighted by atomic mass is 16.2. The largest absolute Gasteiger partial charge is 0.345 e. The Morgan fingerprint density at radius 2 is 1.50 bits per heavy atom. The van der Waals surface area contributed by atoms with Gasteiger partial charge in [0, 0.05) is 25.2 Å². The summed E-state index contributed by atoms with van der Waals surface area (Å²) in [4.78, 5) is 24.2. The maximum Gasteiger partial charge on any atom is 0.315 e. The average Bonchev–Trinajstić information content (AvgIpc) is 2.40. The molecule has 1 aliphatic carbocycles. The van der Waals surface area contributed by atoms with Gasteiger partial charge in [0.05, 0.1) is 0 Å². The van der Waals surface area contributed by atoms with Crippen LogP contribution in [0.4, 0.5) is 4.79 Å². The van der Waals surface area contributed by atoms with Gasteiger partial charge in [0.15, 0.2) is 0 Å². The summed E-state index contributed by atoms with van der Waals surface area (Å²) in [5.74, 6) is 0. The zero-order valence-corrected chi connectivity index (χ0v) is 10.9. The number of piperidine rings is 1.